The average Bonchev–Trinajstić information content (AvgIpc) is 2.01. The van der Waals surface area contributed by atoms with E-state index in [1.807, 2.05) is 19.9 Å². The first kappa shape index (κ1) is 10.7. The molecule has 0 spiro atoms. The molecular formula is C12H16N2. The van der Waals surface area contributed by atoms with Crippen LogP contribution in [0.25, 0.3) is 0 Å². The van der Waals surface area contributed by atoms with Crippen molar-refractivity contribution < 1.29 is 0 Å². The fraction of sp³-hybridized carbons (Fsp3) is 0.500. The van der Waals surface area contributed by atoms with Crippen LogP contribution in [-0.4, -0.2) is 4.98 Å². The minimum absolute atomic E-state index is 0.0676. The minimum Gasteiger partial charge on any atom is -0.256 e. The Morgan fingerprint density at radius 1 is 1.29 bits per heavy atom. The van der Waals surface area contributed by atoms with Crippen LogP contribution < -0.4 is 0 Å². The van der Waals surface area contributed by atoms with Crippen molar-refractivity contribution in [1.82, 2.24) is 4.98 Å². The molecule has 0 aromatic carbocycles. The summed E-state index contributed by atoms with van der Waals surface area (Å²) in [4.78, 5) is 4.45. The van der Waals surface area contributed by atoms with Gasteiger partial charge in [-0.1, -0.05) is 20.8 Å². The van der Waals surface area contributed by atoms with Gasteiger partial charge in [0.15, 0.2) is 0 Å². The number of nitrogens with zero attached hydrogens (tertiary/aromatic N) is 2. The van der Waals surface area contributed by atoms with E-state index in [0.717, 1.165) is 22.5 Å². The fourth-order valence-corrected chi connectivity index (χ4v) is 1.52. The van der Waals surface area contributed by atoms with Gasteiger partial charge < -0.3 is 0 Å². The van der Waals surface area contributed by atoms with E-state index in [-0.39, 0.29) is 5.41 Å². The van der Waals surface area contributed by atoms with Crippen molar-refractivity contribution in [3.63, 3.8) is 0 Å². The number of aromatic nitrogens is 1. The van der Waals surface area contributed by atoms with Crippen LogP contribution in [0.15, 0.2) is 6.07 Å². The molecule has 0 unspecified atom stereocenters. The van der Waals surface area contributed by atoms with Gasteiger partial charge in [-0.05, 0) is 25.5 Å². The summed E-state index contributed by atoms with van der Waals surface area (Å²) in [5.74, 6) is 0. The van der Waals surface area contributed by atoms with Crippen LogP contribution in [-0.2, 0) is 5.41 Å². The van der Waals surface area contributed by atoms with Crippen molar-refractivity contribution in [2.45, 2.75) is 40.0 Å². The van der Waals surface area contributed by atoms with E-state index in [1.54, 1.807) is 0 Å². The maximum Gasteiger partial charge on any atom is 0.101 e. The number of hydrogen-bond acceptors (Lipinski definition) is 2. The second-order valence-electron chi connectivity index (χ2n) is 4.67. The Balaban J connectivity index is 3.50. The Kier molecular flexibility index (Phi) is 2.62. The van der Waals surface area contributed by atoms with Crippen LogP contribution in [0.3, 0.4) is 0 Å². The molecule has 2 nitrogen and oxygen atoms in total. The molecule has 0 saturated carbocycles. The summed E-state index contributed by atoms with van der Waals surface area (Å²) in [7, 11) is 0. The lowest BCUT2D eigenvalue weighted by Crippen LogP contribution is -2.17. The van der Waals surface area contributed by atoms with E-state index in [1.165, 1.54) is 0 Å². The first-order valence-corrected chi connectivity index (χ1v) is 4.75. The SMILES string of the molecule is Cc1cc(C)c(C#N)c(C(C)(C)C)n1. The van der Waals surface area contributed by atoms with Gasteiger partial charge in [0.1, 0.15) is 6.07 Å². The van der Waals surface area contributed by atoms with Crippen LogP contribution in [0.2, 0.25) is 0 Å². The lowest BCUT2D eigenvalue weighted by molar-refractivity contribution is 0.564. The monoisotopic (exact) mass is 188 g/mol. The topological polar surface area (TPSA) is 36.7 Å². The van der Waals surface area contributed by atoms with Gasteiger partial charge in [-0.15, -0.1) is 0 Å². The highest BCUT2D eigenvalue weighted by molar-refractivity contribution is 5.44. The van der Waals surface area contributed by atoms with Crippen molar-refractivity contribution in [1.29, 1.82) is 5.26 Å². The maximum atomic E-state index is 9.06. The number of rotatable bonds is 0. The van der Waals surface area contributed by atoms with Gasteiger partial charge in [-0.3, -0.25) is 4.98 Å². The molecule has 14 heavy (non-hydrogen) atoms. The predicted octanol–water partition coefficient (Wildman–Crippen LogP) is 2.87. The van der Waals surface area contributed by atoms with Gasteiger partial charge in [0.2, 0.25) is 0 Å². The zero-order valence-electron chi connectivity index (χ0n) is 9.47. The molecule has 0 amide bonds. The maximum absolute atomic E-state index is 9.06. The summed E-state index contributed by atoms with van der Waals surface area (Å²) in [5.41, 5.74) is 3.55. The normalized spacial score (nSPS) is 11.1. The Bertz CT molecular complexity index is 392. The lowest BCUT2D eigenvalue weighted by atomic mass is 9.87. The van der Waals surface area contributed by atoms with Crippen molar-refractivity contribution >= 4 is 0 Å². The summed E-state index contributed by atoms with van der Waals surface area (Å²) in [6.45, 7) is 10.2. The molecule has 0 aliphatic rings. The van der Waals surface area contributed by atoms with Crippen molar-refractivity contribution in [2.24, 2.45) is 0 Å². The molecule has 2 heteroatoms. The first-order valence-electron chi connectivity index (χ1n) is 4.75. The Morgan fingerprint density at radius 3 is 2.29 bits per heavy atom. The van der Waals surface area contributed by atoms with Crippen LogP contribution in [0.5, 0.6) is 0 Å². The van der Waals surface area contributed by atoms with Gasteiger partial charge in [-0.2, -0.15) is 5.26 Å². The smallest absolute Gasteiger partial charge is 0.101 e. The van der Waals surface area contributed by atoms with Crippen molar-refractivity contribution in [2.75, 3.05) is 0 Å². The highest BCUT2D eigenvalue weighted by Crippen LogP contribution is 2.25. The van der Waals surface area contributed by atoms with E-state index in [2.05, 4.69) is 31.8 Å². The van der Waals surface area contributed by atoms with Crippen LogP contribution in [0, 0.1) is 25.2 Å². The number of pyridine rings is 1. The summed E-state index contributed by atoms with van der Waals surface area (Å²) < 4.78 is 0. The average molecular weight is 188 g/mol. The summed E-state index contributed by atoms with van der Waals surface area (Å²) in [6.07, 6.45) is 0. The van der Waals surface area contributed by atoms with Gasteiger partial charge in [0.25, 0.3) is 0 Å². The van der Waals surface area contributed by atoms with E-state index < -0.39 is 0 Å². The number of hydrogen-bond donors (Lipinski definition) is 0. The van der Waals surface area contributed by atoms with Gasteiger partial charge >= 0.3 is 0 Å². The van der Waals surface area contributed by atoms with E-state index in [4.69, 9.17) is 5.26 Å². The molecule has 0 atom stereocenters. The van der Waals surface area contributed by atoms with Crippen molar-refractivity contribution in [3.05, 3.63) is 28.6 Å². The molecular weight excluding hydrogens is 172 g/mol. The second-order valence-corrected chi connectivity index (χ2v) is 4.67. The Morgan fingerprint density at radius 2 is 1.86 bits per heavy atom. The zero-order chi connectivity index (χ0) is 10.9. The summed E-state index contributed by atoms with van der Waals surface area (Å²) in [6, 6.07) is 4.19. The van der Waals surface area contributed by atoms with E-state index in [9.17, 15) is 0 Å². The van der Waals surface area contributed by atoms with E-state index >= 15 is 0 Å². The molecule has 0 aliphatic carbocycles. The Labute approximate surface area is 85.6 Å². The number of nitriles is 1. The highest BCUT2D eigenvalue weighted by Gasteiger charge is 2.21. The zero-order valence-corrected chi connectivity index (χ0v) is 9.47. The van der Waals surface area contributed by atoms with Crippen LogP contribution >= 0.6 is 0 Å². The van der Waals surface area contributed by atoms with Gasteiger partial charge in [-0.25, -0.2) is 0 Å². The molecule has 1 rings (SSSR count). The molecule has 74 valence electrons. The first-order chi connectivity index (χ1) is 6.36. The van der Waals surface area contributed by atoms with Crippen molar-refractivity contribution in [3.8, 4) is 6.07 Å². The third-order valence-electron chi connectivity index (χ3n) is 2.17. The molecule has 0 aliphatic heterocycles. The Hall–Kier alpha value is -1.36. The second kappa shape index (κ2) is 3.42. The van der Waals surface area contributed by atoms with Gasteiger partial charge in [0, 0.05) is 11.1 Å². The molecule has 1 aromatic heterocycles. The quantitative estimate of drug-likeness (QED) is 0.627. The molecule has 1 aromatic rings. The molecule has 0 radical (unpaired) electrons. The molecule has 1 heterocycles. The molecule has 0 fully saturated rings. The number of aryl methyl sites for hydroxylation is 2. The summed E-state index contributed by atoms with van der Waals surface area (Å²) >= 11 is 0. The standard InChI is InChI=1S/C12H16N2/c1-8-6-9(2)14-11(10(8)7-13)12(3,4)5/h6H,1-5H3. The molecule has 0 bridgehead atoms. The lowest BCUT2D eigenvalue weighted by Gasteiger charge is -2.20. The largest absolute Gasteiger partial charge is 0.256 e. The van der Waals surface area contributed by atoms with Crippen LogP contribution in [0.1, 0.15) is 43.3 Å². The predicted molar refractivity (Wildman–Crippen MR) is 57.1 cm³/mol. The molecule has 0 saturated heterocycles. The minimum atomic E-state index is -0.0676. The third-order valence-corrected chi connectivity index (χ3v) is 2.17. The summed E-state index contributed by atoms with van der Waals surface area (Å²) in [5, 5.41) is 9.06. The van der Waals surface area contributed by atoms with E-state index in [0.29, 0.717) is 0 Å². The highest BCUT2D eigenvalue weighted by atomic mass is 14.7. The fourth-order valence-electron chi connectivity index (χ4n) is 1.52. The van der Waals surface area contributed by atoms with Crippen LogP contribution in [0.4, 0.5) is 0 Å². The molecule has 0 N–H and O–H groups in total. The third kappa shape index (κ3) is 1.93. The van der Waals surface area contributed by atoms with Gasteiger partial charge in [0.05, 0.1) is 11.3 Å².